The molecule has 0 bridgehead atoms. The summed E-state index contributed by atoms with van der Waals surface area (Å²) in [4.78, 5) is 0. The normalized spacial score (nSPS) is 10.9. The first-order chi connectivity index (χ1) is 8.72. The highest BCUT2D eigenvalue weighted by atomic mass is 16.5. The van der Waals surface area contributed by atoms with Gasteiger partial charge >= 0.3 is 0 Å². The van der Waals surface area contributed by atoms with Gasteiger partial charge in [-0.3, -0.25) is 0 Å². The van der Waals surface area contributed by atoms with Crippen molar-refractivity contribution < 1.29 is 9.47 Å². The Morgan fingerprint density at radius 3 is 2.22 bits per heavy atom. The third-order valence-electron chi connectivity index (χ3n) is 2.83. The quantitative estimate of drug-likeness (QED) is 0.615. The van der Waals surface area contributed by atoms with Crippen LogP contribution in [0.2, 0.25) is 0 Å². The lowest BCUT2D eigenvalue weighted by Crippen LogP contribution is -1.99. The summed E-state index contributed by atoms with van der Waals surface area (Å²) in [7, 11) is 1.75. The molecule has 0 atom stereocenters. The van der Waals surface area contributed by atoms with Gasteiger partial charge in [-0.15, -0.1) is 0 Å². The van der Waals surface area contributed by atoms with E-state index in [-0.39, 0.29) is 0 Å². The number of benzene rings is 1. The molecule has 0 aliphatic carbocycles. The largest absolute Gasteiger partial charge is 0.494 e. The van der Waals surface area contributed by atoms with E-state index in [9.17, 15) is 0 Å². The minimum atomic E-state index is 0.706. The van der Waals surface area contributed by atoms with Gasteiger partial charge in [0, 0.05) is 13.7 Å². The number of unbranched alkanes of at least 4 members (excludes halogenated alkanes) is 2. The van der Waals surface area contributed by atoms with E-state index in [2.05, 4.69) is 38.1 Å². The summed E-state index contributed by atoms with van der Waals surface area (Å²) in [6.45, 7) is 6.13. The molecule has 0 radical (unpaired) electrons. The van der Waals surface area contributed by atoms with Crippen molar-refractivity contribution in [2.45, 2.75) is 39.5 Å². The Hall–Kier alpha value is -1.02. The third-order valence-corrected chi connectivity index (χ3v) is 2.83. The smallest absolute Gasteiger partial charge is 0.119 e. The molecule has 0 fully saturated rings. The lowest BCUT2D eigenvalue weighted by Gasteiger charge is -2.08. The number of rotatable bonds is 9. The van der Waals surface area contributed by atoms with Crippen LogP contribution >= 0.6 is 0 Å². The fraction of sp³-hybridized carbons (Fsp3) is 0.625. The number of methoxy groups -OCH3 is 1. The Morgan fingerprint density at radius 2 is 1.61 bits per heavy atom. The van der Waals surface area contributed by atoms with Crippen molar-refractivity contribution >= 4 is 0 Å². The highest BCUT2D eigenvalue weighted by Gasteiger charge is 1.99. The van der Waals surface area contributed by atoms with Crippen LogP contribution in [0.1, 0.15) is 38.7 Å². The zero-order chi connectivity index (χ0) is 13.2. The van der Waals surface area contributed by atoms with Crippen LogP contribution in [0.25, 0.3) is 0 Å². The summed E-state index contributed by atoms with van der Waals surface area (Å²) in [6.07, 6.45) is 4.51. The summed E-state index contributed by atoms with van der Waals surface area (Å²) >= 11 is 0. The SMILES string of the molecule is COCCCCCOc1ccc(CC(C)C)cc1. The monoisotopic (exact) mass is 250 g/mol. The van der Waals surface area contributed by atoms with Crippen LogP contribution in [-0.4, -0.2) is 20.3 Å². The fourth-order valence-electron chi connectivity index (χ4n) is 1.91. The van der Waals surface area contributed by atoms with E-state index < -0.39 is 0 Å². The lowest BCUT2D eigenvalue weighted by molar-refractivity contribution is 0.189. The van der Waals surface area contributed by atoms with Gasteiger partial charge in [-0.05, 0) is 49.3 Å². The number of hydrogen-bond acceptors (Lipinski definition) is 2. The van der Waals surface area contributed by atoms with E-state index in [1.165, 1.54) is 12.0 Å². The second kappa shape index (κ2) is 8.98. The van der Waals surface area contributed by atoms with Crippen molar-refractivity contribution in [1.82, 2.24) is 0 Å². The molecule has 2 nitrogen and oxygen atoms in total. The van der Waals surface area contributed by atoms with Crippen molar-refractivity contribution in [1.29, 1.82) is 0 Å². The Morgan fingerprint density at radius 1 is 0.944 bits per heavy atom. The molecule has 0 unspecified atom stereocenters. The van der Waals surface area contributed by atoms with E-state index in [0.29, 0.717) is 5.92 Å². The van der Waals surface area contributed by atoms with Gasteiger partial charge in [0.25, 0.3) is 0 Å². The van der Waals surface area contributed by atoms with Gasteiger partial charge in [0.05, 0.1) is 6.61 Å². The van der Waals surface area contributed by atoms with Gasteiger partial charge in [-0.2, -0.15) is 0 Å². The Bertz CT molecular complexity index is 303. The molecular formula is C16H26O2. The lowest BCUT2D eigenvalue weighted by atomic mass is 10.0. The highest BCUT2D eigenvalue weighted by Crippen LogP contribution is 2.15. The van der Waals surface area contributed by atoms with Gasteiger partial charge < -0.3 is 9.47 Å². The maximum atomic E-state index is 5.71. The highest BCUT2D eigenvalue weighted by molar-refractivity contribution is 5.27. The maximum absolute atomic E-state index is 5.71. The van der Waals surface area contributed by atoms with E-state index >= 15 is 0 Å². The van der Waals surface area contributed by atoms with Crippen molar-refractivity contribution in [3.8, 4) is 5.75 Å². The van der Waals surface area contributed by atoms with Crippen LogP contribution in [0.4, 0.5) is 0 Å². The van der Waals surface area contributed by atoms with Crippen molar-refractivity contribution in [2.75, 3.05) is 20.3 Å². The molecule has 102 valence electrons. The summed E-state index contributed by atoms with van der Waals surface area (Å²) in [6, 6.07) is 8.49. The van der Waals surface area contributed by atoms with E-state index in [0.717, 1.165) is 38.2 Å². The summed E-state index contributed by atoms with van der Waals surface area (Å²) in [5.41, 5.74) is 1.39. The molecule has 0 spiro atoms. The molecule has 0 saturated carbocycles. The minimum absolute atomic E-state index is 0.706. The summed E-state index contributed by atoms with van der Waals surface area (Å²) in [5.74, 6) is 1.69. The molecule has 18 heavy (non-hydrogen) atoms. The van der Waals surface area contributed by atoms with Gasteiger partial charge in [0.1, 0.15) is 5.75 Å². The van der Waals surface area contributed by atoms with Gasteiger partial charge in [-0.1, -0.05) is 26.0 Å². The Kier molecular flexibility index (Phi) is 7.51. The first-order valence-corrected chi connectivity index (χ1v) is 6.93. The predicted octanol–water partition coefficient (Wildman–Crippen LogP) is 4.08. The van der Waals surface area contributed by atoms with Gasteiger partial charge in [0.15, 0.2) is 0 Å². The van der Waals surface area contributed by atoms with E-state index in [1.807, 2.05) is 0 Å². The topological polar surface area (TPSA) is 18.5 Å². The Labute approximate surface area is 111 Å². The number of ether oxygens (including phenoxy) is 2. The molecule has 1 aromatic carbocycles. The van der Waals surface area contributed by atoms with Crippen molar-refractivity contribution in [2.24, 2.45) is 5.92 Å². The predicted molar refractivity (Wildman–Crippen MR) is 76.2 cm³/mol. The van der Waals surface area contributed by atoms with Crippen LogP contribution in [0, 0.1) is 5.92 Å². The van der Waals surface area contributed by atoms with Crippen molar-refractivity contribution in [3.05, 3.63) is 29.8 Å². The molecule has 0 N–H and O–H groups in total. The minimum Gasteiger partial charge on any atom is -0.494 e. The molecule has 1 aromatic rings. The van der Waals surface area contributed by atoms with Crippen LogP contribution in [-0.2, 0) is 11.2 Å². The molecule has 0 amide bonds. The molecule has 0 aromatic heterocycles. The van der Waals surface area contributed by atoms with E-state index in [1.54, 1.807) is 7.11 Å². The number of hydrogen-bond donors (Lipinski definition) is 0. The second-order valence-electron chi connectivity index (χ2n) is 5.14. The average Bonchev–Trinajstić information content (AvgIpc) is 2.35. The third kappa shape index (κ3) is 6.65. The van der Waals surface area contributed by atoms with Crippen LogP contribution < -0.4 is 4.74 Å². The first-order valence-electron chi connectivity index (χ1n) is 6.93. The molecule has 0 saturated heterocycles. The fourth-order valence-corrected chi connectivity index (χ4v) is 1.91. The van der Waals surface area contributed by atoms with Gasteiger partial charge in [0.2, 0.25) is 0 Å². The average molecular weight is 250 g/mol. The molecule has 0 heterocycles. The van der Waals surface area contributed by atoms with Crippen molar-refractivity contribution in [3.63, 3.8) is 0 Å². The molecular weight excluding hydrogens is 224 g/mol. The molecule has 1 rings (SSSR count). The maximum Gasteiger partial charge on any atom is 0.119 e. The molecule has 2 heteroatoms. The summed E-state index contributed by atoms with van der Waals surface area (Å²) in [5, 5.41) is 0. The second-order valence-corrected chi connectivity index (χ2v) is 5.14. The first kappa shape index (κ1) is 15.0. The standard InChI is InChI=1S/C16H26O2/c1-14(2)13-15-7-9-16(10-8-15)18-12-6-4-5-11-17-3/h7-10,14H,4-6,11-13H2,1-3H3. The Balaban J connectivity index is 2.18. The van der Waals surface area contributed by atoms with Crippen LogP contribution in [0.15, 0.2) is 24.3 Å². The molecule has 0 aliphatic heterocycles. The van der Waals surface area contributed by atoms with E-state index in [4.69, 9.17) is 9.47 Å². The van der Waals surface area contributed by atoms with Crippen LogP contribution in [0.3, 0.4) is 0 Å². The van der Waals surface area contributed by atoms with Crippen LogP contribution in [0.5, 0.6) is 5.75 Å². The zero-order valence-corrected chi connectivity index (χ0v) is 11.9. The van der Waals surface area contributed by atoms with Gasteiger partial charge in [-0.25, -0.2) is 0 Å². The summed E-state index contributed by atoms with van der Waals surface area (Å²) < 4.78 is 10.7. The molecule has 0 aliphatic rings. The zero-order valence-electron chi connectivity index (χ0n) is 11.9.